The molecule has 1 aliphatic carbocycles. The van der Waals surface area contributed by atoms with Crippen LogP contribution in [0.2, 0.25) is 0 Å². The van der Waals surface area contributed by atoms with E-state index in [4.69, 9.17) is 5.41 Å². The Morgan fingerprint density at radius 3 is 2.31 bits per heavy atom. The Labute approximate surface area is 84.6 Å². The molecule has 2 nitrogen and oxygen atoms in total. The zero-order valence-corrected chi connectivity index (χ0v) is 9.07. The van der Waals surface area contributed by atoms with Crippen molar-refractivity contribution >= 4 is 17.6 Å². The number of hydrogen-bond donors (Lipinski definition) is 1. The van der Waals surface area contributed by atoms with Gasteiger partial charge in [0.15, 0.2) is 0 Å². The number of piperidine rings is 1. The number of thioether (sulfide) groups is 1. The zero-order valence-electron chi connectivity index (χ0n) is 8.25. The van der Waals surface area contributed by atoms with Gasteiger partial charge < -0.3 is 4.90 Å². The number of rotatable bonds is 2. The van der Waals surface area contributed by atoms with Gasteiger partial charge in [0, 0.05) is 24.3 Å². The summed E-state index contributed by atoms with van der Waals surface area (Å²) in [7, 11) is 0. The fourth-order valence-electron chi connectivity index (χ4n) is 1.95. The van der Waals surface area contributed by atoms with E-state index in [1.807, 2.05) is 11.8 Å². The molecule has 2 rings (SSSR count). The minimum absolute atomic E-state index is 0.630. The van der Waals surface area contributed by atoms with Crippen LogP contribution < -0.4 is 0 Å². The third kappa shape index (κ3) is 2.19. The second kappa shape index (κ2) is 3.91. The highest BCUT2D eigenvalue weighted by Crippen LogP contribution is 2.32. The van der Waals surface area contributed by atoms with Gasteiger partial charge in [-0.05, 0) is 31.9 Å². The van der Waals surface area contributed by atoms with Crippen molar-refractivity contribution in [2.45, 2.75) is 30.9 Å². The molecular weight excluding hydrogens is 180 g/mol. The molecule has 13 heavy (non-hydrogen) atoms. The van der Waals surface area contributed by atoms with Crippen molar-refractivity contribution in [3.05, 3.63) is 0 Å². The van der Waals surface area contributed by atoms with E-state index in [2.05, 4.69) is 11.2 Å². The van der Waals surface area contributed by atoms with Crippen molar-refractivity contribution in [1.29, 1.82) is 5.41 Å². The van der Waals surface area contributed by atoms with Gasteiger partial charge in [-0.25, -0.2) is 0 Å². The Balaban J connectivity index is 1.79. The second-order valence-electron chi connectivity index (χ2n) is 4.08. The van der Waals surface area contributed by atoms with Gasteiger partial charge in [0.05, 0.1) is 5.84 Å². The smallest absolute Gasteiger partial charge is 0.0989 e. The fraction of sp³-hybridized carbons (Fsp3) is 0.900. The highest BCUT2D eigenvalue weighted by Gasteiger charge is 2.31. The molecule has 2 fully saturated rings. The molecule has 1 saturated heterocycles. The van der Waals surface area contributed by atoms with Crippen LogP contribution in [0.1, 0.15) is 25.7 Å². The van der Waals surface area contributed by atoms with E-state index in [0.29, 0.717) is 5.92 Å². The van der Waals surface area contributed by atoms with Crippen LogP contribution in [0.15, 0.2) is 0 Å². The molecule has 0 aromatic heterocycles. The molecule has 0 bridgehead atoms. The summed E-state index contributed by atoms with van der Waals surface area (Å²) in [6, 6.07) is 0. The standard InChI is InChI=1S/C10H18N2S/c1-13-9-4-6-12(7-5-9)10(11)8-2-3-8/h8-9,11H,2-7H2,1H3. The first-order valence-corrected chi connectivity index (χ1v) is 6.46. The van der Waals surface area contributed by atoms with Gasteiger partial charge in [0.1, 0.15) is 0 Å². The first-order chi connectivity index (χ1) is 6.31. The van der Waals surface area contributed by atoms with Crippen LogP contribution in [0.3, 0.4) is 0 Å². The van der Waals surface area contributed by atoms with Gasteiger partial charge in [0.25, 0.3) is 0 Å². The van der Waals surface area contributed by atoms with Gasteiger partial charge in [-0.1, -0.05) is 0 Å². The fourth-order valence-corrected chi connectivity index (χ4v) is 2.63. The maximum atomic E-state index is 7.94. The van der Waals surface area contributed by atoms with Gasteiger partial charge in [-0.2, -0.15) is 11.8 Å². The first kappa shape index (κ1) is 9.38. The molecule has 0 unspecified atom stereocenters. The average molecular weight is 198 g/mol. The molecule has 74 valence electrons. The normalized spacial score (nSPS) is 24.8. The van der Waals surface area contributed by atoms with Crippen molar-refractivity contribution < 1.29 is 0 Å². The Morgan fingerprint density at radius 1 is 1.23 bits per heavy atom. The Bertz CT molecular complexity index is 193. The van der Waals surface area contributed by atoms with Gasteiger partial charge in [-0.15, -0.1) is 0 Å². The van der Waals surface area contributed by atoms with Crippen molar-refractivity contribution in [3.8, 4) is 0 Å². The molecule has 3 heteroatoms. The topological polar surface area (TPSA) is 27.1 Å². The van der Waals surface area contributed by atoms with Crippen LogP contribution in [0.4, 0.5) is 0 Å². The molecule has 0 spiro atoms. The molecule has 0 radical (unpaired) electrons. The minimum atomic E-state index is 0.630. The highest BCUT2D eigenvalue weighted by molar-refractivity contribution is 7.99. The van der Waals surface area contributed by atoms with Crippen molar-refractivity contribution in [2.24, 2.45) is 5.92 Å². The molecule has 1 heterocycles. The quantitative estimate of drug-likeness (QED) is 0.544. The Kier molecular flexibility index (Phi) is 2.82. The summed E-state index contributed by atoms with van der Waals surface area (Å²) in [6.07, 6.45) is 7.28. The summed E-state index contributed by atoms with van der Waals surface area (Å²) in [4.78, 5) is 2.30. The van der Waals surface area contributed by atoms with E-state index in [1.165, 1.54) is 25.7 Å². The number of amidine groups is 1. The largest absolute Gasteiger partial charge is 0.360 e. The van der Waals surface area contributed by atoms with E-state index in [9.17, 15) is 0 Å². The van der Waals surface area contributed by atoms with Gasteiger partial charge in [-0.3, -0.25) is 5.41 Å². The number of nitrogens with one attached hydrogen (secondary N) is 1. The van der Waals surface area contributed by atoms with Crippen LogP contribution in [-0.2, 0) is 0 Å². The first-order valence-electron chi connectivity index (χ1n) is 5.17. The Hall–Kier alpha value is -0.180. The van der Waals surface area contributed by atoms with E-state index < -0.39 is 0 Å². The van der Waals surface area contributed by atoms with Crippen LogP contribution in [0, 0.1) is 11.3 Å². The number of hydrogen-bond acceptors (Lipinski definition) is 2. The molecule has 1 N–H and O–H groups in total. The third-order valence-corrected chi connectivity index (χ3v) is 4.22. The maximum absolute atomic E-state index is 7.94. The second-order valence-corrected chi connectivity index (χ2v) is 5.22. The highest BCUT2D eigenvalue weighted by atomic mass is 32.2. The SMILES string of the molecule is CSC1CCN(C(=N)C2CC2)CC1. The molecule has 1 aliphatic heterocycles. The lowest BCUT2D eigenvalue weighted by molar-refractivity contribution is 0.339. The van der Waals surface area contributed by atoms with E-state index in [-0.39, 0.29) is 0 Å². The summed E-state index contributed by atoms with van der Waals surface area (Å²) in [5.74, 6) is 1.56. The van der Waals surface area contributed by atoms with Crippen molar-refractivity contribution in [3.63, 3.8) is 0 Å². The van der Waals surface area contributed by atoms with Gasteiger partial charge >= 0.3 is 0 Å². The van der Waals surface area contributed by atoms with E-state index >= 15 is 0 Å². The molecule has 0 aromatic carbocycles. The monoisotopic (exact) mass is 198 g/mol. The van der Waals surface area contributed by atoms with Crippen molar-refractivity contribution in [1.82, 2.24) is 4.90 Å². The molecule has 0 atom stereocenters. The molecule has 1 saturated carbocycles. The summed E-state index contributed by atoms with van der Waals surface area (Å²) in [5, 5.41) is 8.79. The van der Waals surface area contributed by atoms with Gasteiger partial charge in [0.2, 0.25) is 0 Å². The maximum Gasteiger partial charge on any atom is 0.0989 e. The van der Waals surface area contributed by atoms with Crippen molar-refractivity contribution in [2.75, 3.05) is 19.3 Å². The van der Waals surface area contributed by atoms with Crippen LogP contribution in [-0.4, -0.2) is 35.3 Å². The molecule has 0 amide bonds. The number of nitrogens with zero attached hydrogens (tertiary/aromatic N) is 1. The average Bonchev–Trinajstić information content (AvgIpc) is 3.00. The Morgan fingerprint density at radius 2 is 1.85 bits per heavy atom. The molecule has 0 aromatic rings. The van der Waals surface area contributed by atoms with Crippen LogP contribution in [0.5, 0.6) is 0 Å². The molecule has 2 aliphatic rings. The van der Waals surface area contributed by atoms with Crippen LogP contribution >= 0.6 is 11.8 Å². The van der Waals surface area contributed by atoms with E-state index in [0.717, 1.165) is 24.2 Å². The lowest BCUT2D eigenvalue weighted by atomic mass is 10.1. The summed E-state index contributed by atoms with van der Waals surface area (Å²) < 4.78 is 0. The van der Waals surface area contributed by atoms with Crippen LogP contribution in [0.25, 0.3) is 0 Å². The predicted octanol–water partition coefficient (Wildman–Crippen LogP) is 2.20. The van der Waals surface area contributed by atoms with E-state index in [1.54, 1.807) is 0 Å². The zero-order chi connectivity index (χ0) is 9.26. The molecular formula is C10H18N2S. The lowest BCUT2D eigenvalue weighted by Gasteiger charge is -2.33. The minimum Gasteiger partial charge on any atom is -0.360 e. The predicted molar refractivity (Wildman–Crippen MR) is 58.6 cm³/mol. The third-order valence-electron chi connectivity index (χ3n) is 3.08. The summed E-state index contributed by atoms with van der Waals surface area (Å²) >= 11 is 1.99. The summed E-state index contributed by atoms with van der Waals surface area (Å²) in [6.45, 7) is 2.25. The number of likely N-dealkylation sites (tertiary alicyclic amines) is 1. The summed E-state index contributed by atoms with van der Waals surface area (Å²) in [5.41, 5.74) is 0. The lowest BCUT2D eigenvalue weighted by Crippen LogP contribution is -2.39.